The highest BCUT2D eigenvalue weighted by atomic mass is 32.2. The fraction of sp³-hybridized carbons (Fsp3) is 0.333. The van der Waals surface area contributed by atoms with Crippen LogP contribution >= 0.6 is 11.8 Å². The van der Waals surface area contributed by atoms with E-state index in [0.717, 1.165) is 24.3 Å². The minimum absolute atomic E-state index is 0.223. The van der Waals surface area contributed by atoms with Crippen LogP contribution in [0.2, 0.25) is 0 Å². The standard InChI is InChI=1S/C12H9F6NO3S/c13-11(14,15)5-8(10(21)22)19-9(20)6-1-3-7(4-2-6)23-12(16,17)18/h1-4,8H,5H2,(H,19,20)(H,21,22). The van der Waals surface area contributed by atoms with Crippen molar-refractivity contribution in [3.05, 3.63) is 29.8 Å². The number of amides is 1. The second-order valence-electron chi connectivity index (χ2n) is 4.26. The van der Waals surface area contributed by atoms with Crippen molar-refractivity contribution in [3.8, 4) is 0 Å². The van der Waals surface area contributed by atoms with Crippen molar-refractivity contribution in [2.75, 3.05) is 0 Å². The van der Waals surface area contributed by atoms with Crippen LogP contribution < -0.4 is 5.32 Å². The maximum Gasteiger partial charge on any atom is 0.446 e. The minimum Gasteiger partial charge on any atom is -0.480 e. The summed E-state index contributed by atoms with van der Waals surface area (Å²) in [6, 6.07) is 1.62. The number of thioether (sulfide) groups is 1. The molecule has 128 valence electrons. The van der Waals surface area contributed by atoms with Crippen molar-refractivity contribution in [1.29, 1.82) is 0 Å². The van der Waals surface area contributed by atoms with Gasteiger partial charge in [-0.3, -0.25) is 4.79 Å². The molecular formula is C12H9F6NO3S. The molecule has 0 bridgehead atoms. The van der Waals surface area contributed by atoms with E-state index < -0.39 is 47.8 Å². The van der Waals surface area contributed by atoms with E-state index in [1.54, 1.807) is 5.32 Å². The molecular weight excluding hydrogens is 352 g/mol. The van der Waals surface area contributed by atoms with E-state index in [1.807, 2.05) is 0 Å². The molecule has 0 aliphatic heterocycles. The molecule has 1 atom stereocenters. The number of rotatable bonds is 5. The third kappa shape index (κ3) is 7.26. The highest BCUT2D eigenvalue weighted by Gasteiger charge is 2.36. The number of nitrogens with one attached hydrogen (secondary N) is 1. The third-order valence-electron chi connectivity index (χ3n) is 2.39. The lowest BCUT2D eigenvalue weighted by atomic mass is 10.1. The van der Waals surface area contributed by atoms with Crippen molar-refractivity contribution in [3.63, 3.8) is 0 Å². The van der Waals surface area contributed by atoms with Crippen LogP contribution in [0.15, 0.2) is 29.2 Å². The first-order valence-electron chi connectivity index (χ1n) is 5.83. The molecule has 2 N–H and O–H groups in total. The maximum absolute atomic E-state index is 12.2. The zero-order valence-electron chi connectivity index (χ0n) is 11.0. The largest absolute Gasteiger partial charge is 0.480 e. The number of benzene rings is 1. The fourth-order valence-corrected chi connectivity index (χ4v) is 2.02. The number of carboxylic acid groups (broad SMARTS) is 1. The first-order valence-corrected chi connectivity index (χ1v) is 6.65. The summed E-state index contributed by atoms with van der Waals surface area (Å²) in [6.07, 6.45) is -6.57. The Morgan fingerprint density at radius 3 is 2.00 bits per heavy atom. The summed E-state index contributed by atoms with van der Waals surface area (Å²) in [4.78, 5) is 22.2. The van der Waals surface area contributed by atoms with E-state index >= 15 is 0 Å². The number of hydrogen-bond donors (Lipinski definition) is 2. The van der Waals surface area contributed by atoms with Crippen LogP contribution in [0.1, 0.15) is 16.8 Å². The molecule has 1 unspecified atom stereocenters. The molecule has 1 aromatic rings. The Morgan fingerprint density at radius 1 is 1.09 bits per heavy atom. The molecule has 0 saturated carbocycles. The van der Waals surface area contributed by atoms with Gasteiger partial charge in [-0.05, 0) is 36.0 Å². The lowest BCUT2D eigenvalue weighted by molar-refractivity contribution is -0.157. The first-order chi connectivity index (χ1) is 10.4. The van der Waals surface area contributed by atoms with Gasteiger partial charge in [-0.15, -0.1) is 0 Å². The predicted molar refractivity (Wildman–Crippen MR) is 67.9 cm³/mol. The Balaban J connectivity index is 2.78. The van der Waals surface area contributed by atoms with Crippen molar-refractivity contribution in [1.82, 2.24) is 5.32 Å². The summed E-state index contributed by atoms with van der Waals surface area (Å²) < 4.78 is 73.0. The monoisotopic (exact) mass is 361 g/mol. The van der Waals surface area contributed by atoms with Crippen molar-refractivity contribution in [2.24, 2.45) is 0 Å². The molecule has 0 fully saturated rings. The van der Waals surface area contributed by atoms with Crippen molar-refractivity contribution >= 4 is 23.6 Å². The Kier molecular flexibility index (Phi) is 5.92. The molecule has 0 radical (unpaired) electrons. The van der Waals surface area contributed by atoms with Crippen LogP contribution in [0.5, 0.6) is 0 Å². The first kappa shape index (κ1) is 19.1. The molecule has 23 heavy (non-hydrogen) atoms. The second-order valence-corrected chi connectivity index (χ2v) is 5.39. The van der Waals surface area contributed by atoms with Gasteiger partial charge >= 0.3 is 17.7 Å². The third-order valence-corrected chi connectivity index (χ3v) is 3.13. The highest BCUT2D eigenvalue weighted by molar-refractivity contribution is 8.00. The summed E-state index contributed by atoms with van der Waals surface area (Å²) in [7, 11) is 0. The van der Waals surface area contributed by atoms with E-state index in [2.05, 4.69) is 0 Å². The fourth-order valence-electron chi connectivity index (χ4n) is 1.48. The topological polar surface area (TPSA) is 66.4 Å². The van der Waals surface area contributed by atoms with Crippen molar-refractivity contribution < 1.29 is 41.0 Å². The molecule has 0 aliphatic carbocycles. The van der Waals surface area contributed by atoms with Gasteiger partial charge in [0.1, 0.15) is 6.04 Å². The van der Waals surface area contributed by atoms with Gasteiger partial charge in [0.05, 0.1) is 6.42 Å². The van der Waals surface area contributed by atoms with Gasteiger partial charge in [-0.2, -0.15) is 26.3 Å². The zero-order chi connectivity index (χ0) is 17.8. The summed E-state index contributed by atoms with van der Waals surface area (Å²) in [5, 5.41) is 10.3. The van der Waals surface area contributed by atoms with E-state index in [1.165, 1.54) is 0 Å². The molecule has 1 rings (SSSR count). The summed E-state index contributed by atoms with van der Waals surface area (Å²) in [6.45, 7) is 0. The number of carbonyl (C=O) groups excluding carboxylic acids is 1. The van der Waals surface area contributed by atoms with Gasteiger partial charge in [0.25, 0.3) is 5.91 Å². The lowest BCUT2D eigenvalue weighted by Crippen LogP contribution is -2.43. The van der Waals surface area contributed by atoms with Crippen LogP contribution in [0, 0.1) is 0 Å². The summed E-state index contributed by atoms with van der Waals surface area (Å²) in [5.74, 6) is -3.01. The van der Waals surface area contributed by atoms with Crippen LogP contribution in [-0.4, -0.2) is 34.7 Å². The quantitative estimate of drug-likeness (QED) is 0.623. The molecule has 0 heterocycles. The normalized spacial score (nSPS) is 13.5. The Morgan fingerprint density at radius 2 is 1.61 bits per heavy atom. The van der Waals surface area contributed by atoms with Gasteiger partial charge in [-0.25, -0.2) is 4.79 Å². The lowest BCUT2D eigenvalue weighted by Gasteiger charge is -2.16. The minimum atomic E-state index is -4.80. The number of hydrogen-bond acceptors (Lipinski definition) is 3. The van der Waals surface area contributed by atoms with E-state index in [4.69, 9.17) is 5.11 Å². The highest BCUT2D eigenvalue weighted by Crippen LogP contribution is 2.36. The van der Waals surface area contributed by atoms with Gasteiger partial charge in [0.15, 0.2) is 0 Å². The number of aliphatic carboxylic acids is 1. The average molecular weight is 361 g/mol. The van der Waals surface area contributed by atoms with E-state index in [-0.39, 0.29) is 10.5 Å². The van der Waals surface area contributed by atoms with Crippen LogP contribution in [-0.2, 0) is 4.79 Å². The maximum atomic E-state index is 12.2. The SMILES string of the molecule is O=C(NC(CC(F)(F)F)C(=O)O)c1ccc(SC(F)(F)F)cc1. The summed E-state index contributed by atoms with van der Waals surface area (Å²) >= 11 is -0.427. The molecule has 0 saturated heterocycles. The number of halogens is 6. The molecule has 0 aromatic heterocycles. The molecule has 0 spiro atoms. The molecule has 0 aliphatic rings. The number of carbonyl (C=O) groups is 2. The molecule has 4 nitrogen and oxygen atoms in total. The number of alkyl halides is 6. The van der Waals surface area contributed by atoms with Crippen LogP contribution in [0.25, 0.3) is 0 Å². The molecule has 1 aromatic carbocycles. The van der Waals surface area contributed by atoms with Crippen LogP contribution in [0.3, 0.4) is 0 Å². The van der Waals surface area contributed by atoms with E-state index in [9.17, 15) is 35.9 Å². The Bertz CT molecular complexity index is 570. The van der Waals surface area contributed by atoms with Gasteiger partial charge in [0.2, 0.25) is 0 Å². The smallest absolute Gasteiger partial charge is 0.446 e. The second kappa shape index (κ2) is 7.11. The predicted octanol–water partition coefficient (Wildman–Crippen LogP) is 3.43. The van der Waals surface area contributed by atoms with E-state index in [0.29, 0.717) is 0 Å². The Hall–Kier alpha value is -1.91. The van der Waals surface area contributed by atoms with Gasteiger partial charge in [-0.1, -0.05) is 0 Å². The average Bonchev–Trinajstić information content (AvgIpc) is 2.35. The molecule has 1 amide bonds. The van der Waals surface area contributed by atoms with Crippen molar-refractivity contribution in [2.45, 2.75) is 29.0 Å². The number of carboxylic acids is 1. The zero-order valence-corrected chi connectivity index (χ0v) is 11.9. The molecule has 11 heteroatoms. The Labute approximate surface area is 129 Å². The van der Waals surface area contributed by atoms with Gasteiger partial charge in [0, 0.05) is 10.5 Å². The van der Waals surface area contributed by atoms with Crippen LogP contribution in [0.4, 0.5) is 26.3 Å². The summed E-state index contributed by atoms with van der Waals surface area (Å²) in [5.41, 5.74) is -4.78. The van der Waals surface area contributed by atoms with Gasteiger partial charge < -0.3 is 10.4 Å².